The number of nitrogens with zero attached hydrogens (tertiary/aromatic N) is 5. The number of hydrogen-bond acceptors (Lipinski definition) is 4. The highest BCUT2D eigenvalue weighted by Gasteiger charge is 2.26. The second-order valence-electron chi connectivity index (χ2n) is 8.09. The first-order valence-corrected chi connectivity index (χ1v) is 9.88. The molecule has 1 aromatic carbocycles. The van der Waals surface area contributed by atoms with E-state index in [9.17, 15) is 4.79 Å². The van der Waals surface area contributed by atoms with Gasteiger partial charge < -0.3 is 24.8 Å². The number of benzene rings is 1. The van der Waals surface area contributed by atoms with E-state index in [1.54, 1.807) is 11.1 Å². The van der Waals surface area contributed by atoms with E-state index in [1.807, 2.05) is 50.1 Å². The molecule has 0 spiro atoms. The van der Waals surface area contributed by atoms with Gasteiger partial charge in [-0.2, -0.15) is 0 Å². The van der Waals surface area contributed by atoms with Gasteiger partial charge in [-0.3, -0.25) is 0 Å². The zero-order valence-electron chi connectivity index (χ0n) is 17.4. The van der Waals surface area contributed by atoms with E-state index in [0.717, 1.165) is 12.4 Å². The van der Waals surface area contributed by atoms with E-state index in [4.69, 9.17) is 10.5 Å². The molecule has 1 aliphatic rings. The fraction of sp³-hybridized carbons (Fsp3) is 0.476. The van der Waals surface area contributed by atoms with Crippen molar-refractivity contribution in [1.29, 1.82) is 0 Å². The molecule has 0 radical (unpaired) electrons. The maximum atomic E-state index is 12.2. The van der Waals surface area contributed by atoms with Crippen molar-refractivity contribution in [2.45, 2.75) is 39.5 Å². The van der Waals surface area contributed by atoms with E-state index < -0.39 is 5.60 Å². The minimum Gasteiger partial charge on any atom is -0.444 e. The maximum absolute atomic E-state index is 12.2. The van der Waals surface area contributed by atoms with Gasteiger partial charge in [-0.15, -0.1) is 0 Å². The van der Waals surface area contributed by atoms with Gasteiger partial charge >= 0.3 is 6.09 Å². The first-order chi connectivity index (χ1) is 13.8. The van der Waals surface area contributed by atoms with Crippen LogP contribution >= 0.6 is 0 Å². The number of aromatic nitrogens is 2. The molecule has 1 fully saturated rings. The van der Waals surface area contributed by atoms with Crippen molar-refractivity contribution in [2.75, 3.05) is 26.2 Å². The second-order valence-corrected chi connectivity index (χ2v) is 8.09. The summed E-state index contributed by atoms with van der Waals surface area (Å²) in [7, 11) is 0. The lowest BCUT2D eigenvalue weighted by molar-refractivity contribution is 0.0186. The summed E-state index contributed by atoms with van der Waals surface area (Å²) in [4.78, 5) is 24.8. The molecule has 1 aliphatic heterocycles. The Kier molecular flexibility index (Phi) is 6.41. The third kappa shape index (κ3) is 5.97. The Morgan fingerprint density at radius 1 is 1.14 bits per heavy atom. The summed E-state index contributed by atoms with van der Waals surface area (Å²) in [6, 6.07) is 10.2. The number of rotatable bonds is 4. The van der Waals surface area contributed by atoms with Gasteiger partial charge in [-0.05, 0) is 26.3 Å². The van der Waals surface area contributed by atoms with E-state index in [0.29, 0.717) is 38.7 Å². The molecule has 2 heterocycles. The summed E-state index contributed by atoms with van der Waals surface area (Å²) in [6.45, 7) is 9.16. The predicted molar refractivity (Wildman–Crippen MR) is 112 cm³/mol. The molecule has 8 heteroatoms. The molecule has 0 atom stereocenters. The van der Waals surface area contributed by atoms with Crippen LogP contribution in [0.25, 0.3) is 0 Å². The standard InChI is InChI=1S/C21H30N6O2/c1-21(2,3)29-20(28)26-13-11-25(12-14-26)19(22)24-15-18-23-9-10-27(18)16-17-7-5-4-6-8-17/h4-10H,11-16H2,1-3H3,(H2,22,24). The number of guanidine groups is 1. The molecule has 3 rings (SSSR count). The maximum Gasteiger partial charge on any atom is 0.410 e. The Morgan fingerprint density at radius 3 is 2.45 bits per heavy atom. The Hall–Kier alpha value is -3.03. The lowest BCUT2D eigenvalue weighted by Gasteiger charge is -2.36. The molecule has 1 aromatic heterocycles. The van der Waals surface area contributed by atoms with Crippen LogP contribution in [-0.2, 0) is 17.8 Å². The summed E-state index contributed by atoms with van der Waals surface area (Å²) in [6.07, 6.45) is 3.45. The second kappa shape index (κ2) is 8.98. The molecular weight excluding hydrogens is 368 g/mol. The number of ether oxygens (including phenoxy) is 1. The number of piperazine rings is 1. The monoisotopic (exact) mass is 398 g/mol. The SMILES string of the molecule is CC(C)(C)OC(=O)N1CCN(C(N)=NCc2nccn2Cc2ccccc2)CC1. The first kappa shape index (κ1) is 20.7. The molecular formula is C21H30N6O2. The van der Waals surface area contributed by atoms with Crippen LogP contribution in [0.2, 0.25) is 0 Å². The highest BCUT2D eigenvalue weighted by atomic mass is 16.6. The Morgan fingerprint density at radius 2 is 1.79 bits per heavy atom. The molecule has 2 N–H and O–H groups in total. The van der Waals surface area contributed by atoms with Crippen LogP contribution in [0.1, 0.15) is 32.2 Å². The van der Waals surface area contributed by atoms with E-state index in [-0.39, 0.29) is 6.09 Å². The predicted octanol–water partition coefficient (Wildman–Crippen LogP) is 2.30. The molecule has 0 unspecified atom stereocenters. The topological polar surface area (TPSA) is 89.0 Å². The Labute approximate surface area is 172 Å². The van der Waals surface area contributed by atoms with Crippen molar-refractivity contribution in [2.24, 2.45) is 10.7 Å². The molecule has 2 aromatic rings. The van der Waals surface area contributed by atoms with Crippen LogP contribution in [0.3, 0.4) is 0 Å². The third-order valence-electron chi connectivity index (χ3n) is 4.64. The van der Waals surface area contributed by atoms with Crippen LogP contribution in [0.15, 0.2) is 47.7 Å². The van der Waals surface area contributed by atoms with Gasteiger partial charge in [0, 0.05) is 45.1 Å². The largest absolute Gasteiger partial charge is 0.444 e. The fourth-order valence-electron chi connectivity index (χ4n) is 3.11. The average molecular weight is 399 g/mol. The number of nitrogens with two attached hydrogens (primary N) is 1. The summed E-state index contributed by atoms with van der Waals surface area (Å²) in [5.41, 5.74) is 6.92. The number of carbonyl (C=O) groups is 1. The van der Waals surface area contributed by atoms with E-state index in [1.165, 1.54) is 5.56 Å². The van der Waals surface area contributed by atoms with Crippen LogP contribution in [0.5, 0.6) is 0 Å². The molecule has 8 nitrogen and oxygen atoms in total. The van der Waals surface area contributed by atoms with Crippen molar-refractivity contribution in [3.63, 3.8) is 0 Å². The highest BCUT2D eigenvalue weighted by molar-refractivity contribution is 5.78. The van der Waals surface area contributed by atoms with Crippen LogP contribution in [0, 0.1) is 0 Å². The van der Waals surface area contributed by atoms with Gasteiger partial charge in [0.05, 0.1) is 0 Å². The van der Waals surface area contributed by atoms with Crippen molar-refractivity contribution in [3.8, 4) is 0 Å². The van der Waals surface area contributed by atoms with Gasteiger partial charge in [-0.1, -0.05) is 30.3 Å². The van der Waals surface area contributed by atoms with Crippen molar-refractivity contribution >= 4 is 12.1 Å². The first-order valence-electron chi connectivity index (χ1n) is 9.88. The highest BCUT2D eigenvalue weighted by Crippen LogP contribution is 2.12. The normalized spacial score (nSPS) is 15.5. The lowest BCUT2D eigenvalue weighted by Crippen LogP contribution is -2.53. The number of aliphatic imine (C=N–C) groups is 1. The van der Waals surface area contributed by atoms with Gasteiger partial charge in [0.2, 0.25) is 0 Å². The number of hydrogen-bond donors (Lipinski definition) is 1. The van der Waals surface area contributed by atoms with Crippen LogP contribution in [-0.4, -0.2) is 63.2 Å². The number of imidazole rings is 1. The molecule has 156 valence electrons. The van der Waals surface area contributed by atoms with Crippen molar-refractivity contribution in [1.82, 2.24) is 19.4 Å². The van der Waals surface area contributed by atoms with Crippen molar-refractivity contribution in [3.05, 3.63) is 54.1 Å². The average Bonchev–Trinajstić information content (AvgIpc) is 3.12. The minimum atomic E-state index is -0.490. The smallest absolute Gasteiger partial charge is 0.410 e. The third-order valence-corrected chi connectivity index (χ3v) is 4.64. The molecule has 1 saturated heterocycles. The summed E-state index contributed by atoms with van der Waals surface area (Å²) in [5.74, 6) is 1.34. The molecule has 0 saturated carbocycles. The Balaban J connectivity index is 1.53. The zero-order valence-corrected chi connectivity index (χ0v) is 17.4. The van der Waals surface area contributed by atoms with Gasteiger partial charge in [0.1, 0.15) is 18.0 Å². The molecule has 29 heavy (non-hydrogen) atoms. The van der Waals surface area contributed by atoms with Crippen LogP contribution in [0.4, 0.5) is 4.79 Å². The summed E-state index contributed by atoms with van der Waals surface area (Å²) < 4.78 is 7.50. The minimum absolute atomic E-state index is 0.282. The number of amides is 1. The quantitative estimate of drug-likeness (QED) is 0.631. The van der Waals surface area contributed by atoms with E-state index in [2.05, 4.69) is 26.7 Å². The zero-order chi connectivity index (χ0) is 20.9. The summed E-state index contributed by atoms with van der Waals surface area (Å²) >= 11 is 0. The summed E-state index contributed by atoms with van der Waals surface area (Å²) in [5, 5.41) is 0. The van der Waals surface area contributed by atoms with Gasteiger partial charge in [0.25, 0.3) is 0 Å². The number of carbonyl (C=O) groups excluding carboxylic acids is 1. The van der Waals surface area contributed by atoms with E-state index >= 15 is 0 Å². The Bertz CT molecular complexity index is 832. The van der Waals surface area contributed by atoms with Crippen LogP contribution < -0.4 is 5.73 Å². The molecule has 1 amide bonds. The lowest BCUT2D eigenvalue weighted by atomic mass is 10.2. The molecule has 0 aliphatic carbocycles. The fourth-order valence-corrected chi connectivity index (χ4v) is 3.11. The van der Waals surface area contributed by atoms with Gasteiger partial charge in [-0.25, -0.2) is 14.8 Å². The van der Waals surface area contributed by atoms with Gasteiger partial charge in [0.15, 0.2) is 5.96 Å². The van der Waals surface area contributed by atoms with Crippen molar-refractivity contribution < 1.29 is 9.53 Å². The molecule has 0 bridgehead atoms.